The molecule has 1 amide bonds. The van der Waals surface area contributed by atoms with Crippen LogP contribution in [0.4, 0.5) is 5.69 Å². The van der Waals surface area contributed by atoms with Crippen molar-refractivity contribution in [1.29, 1.82) is 0 Å². The summed E-state index contributed by atoms with van der Waals surface area (Å²) >= 11 is 6.09. The van der Waals surface area contributed by atoms with Gasteiger partial charge in [-0.25, -0.2) is 0 Å². The summed E-state index contributed by atoms with van der Waals surface area (Å²) in [5.41, 5.74) is 2.47. The summed E-state index contributed by atoms with van der Waals surface area (Å²) in [4.78, 5) is 14.8. The van der Waals surface area contributed by atoms with Crippen LogP contribution in [-0.2, 0) is 6.54 Å². The zero-order valence-corrected chi connectivity index (χ0v) is 15.7. The zero-order valence-electron chi connectivity index (χ0n) is 14.2. The van der Waals surface area contributed by atoms with Gasteiger partial charge < -0.3 is 10.6 Å². The molecule has 1 fully saturated rings. The quantitative estimate of drug-likeness (QED) is 0.848. The minimum atomic E-state index is -0.187. The van der Waals surface area contributed by atoms with Crippen molar-refractivity contribution in [1.82, 2.24) is 10.2 Å². The molecule has 134 valence electrons. The Labute approximate surface area is 160 Å². The molecule has 2 aromatic rings. The van der Waals surface area contributed by atoms with Gasteiger partial charge in [-0.05, 0) is 36.8 Å². The predicted molar refractivity (Wildman–Crippen MR) is 106 cm³/mol. The lowest BCUT2D eigenvalue weighted by atomic mass is 10.1. The maximum atomic E-state index is 12.4. The van der Waals surface area contributed by atoms with Crippen LogP contribution in [0.2, 0.25) is 5.02 Å². The van der Waals surface area contributed by atoms with E-state index in [1.54, 1.807) is 12.1 Å². The number of rotatable bonds is 4. The van der Waals surface area contributed by atoms with E-state index in [1.807, 2.05) is 30.3 Å². The highest BCUT2D eigenvalue weighted by molar-refractivity contribution is 6.34. The van der Waals surface area contributed by atoms with E-state index >= 15 is 0 Å². The monoisotopic (exact) mass is 379 g/mol. The maximum Gasteiger partial charge on any atom is 0.257 e. The Morgan fingerprint density at radius 1 is 1.28 bits per heavy atom. The number of carbonyl (C=O) groups excluding carboxylic acids is 1. The molecular formula is C19H23Cl2N3O. The van der Waals surface area contributed by atoms with Crippen LogP contribution in [0.3, 0.4) is 0 Å². The molecule has 0 aliphatic carbocycles. The van der Waals surface area contributed by atoms with Gasteiger partial charge in [0.25, 0.3) is 5.91 Å². The van der Waals surface area contributed by atoms with Crippen LogP contribution < -0.4 is 10.6 Å². The van der Waals surface area contributed by atoms with Gasteiger partial charge in [0.05, 0.1) is 10.6 Å². The molecule has 0 unspecified atom stereocenters. The highest BCUT2D eigenvalue weighted by atomic mass is 35.5. The van der Waals surface area contributed by atoms with E-state index in [0.29, 0.717) is 16.6 Å². The maximum absolute atomic E-state index is 12.4. The number of amides is 1. The van der Waals surface area contributed by atoms with Crippen LogP contribution in [0.15, 0.2) is 48.5 Å². The van der Waals surface area contributed by atoms with Crippen LogP contribution in [-0.4, -0.2) is 36.5 Å². The molecule has 0 bridgehead atoms. The molecule has 2 aromatic carbocycles. The van der Waals surface area contributed by atoms with Gasteiger partial charge in [0.1, 0.15) is 0 Å². The van der Waals surface area contributed by atoms with Gasteiger partial charge in [0, 0.05) is 37.9 Å². The van der Waals surface area contributed by atoms with Crippen molar-refractivity contribution < 1.29 is 4.79 Å². The molecule has 1 aliphatic rings. The van der Waals surface area contributed by atoms with E-state index in [9.17, 15) is 4.79 Å². The summed E-state index contributed by atoms with van der Waals surface area (Å²) in [7, 11) is 0. The molecule has 1 aliphatic heterocycles. The van der Waals surface area contributed by atoms with E-state index < -0.39 is 0 Å². The van der Waals surface area contributed by atoms with Crippen LogP contribution in [0, 0.1) is 0 Å². The number of hydrogen-bond donors (Lipinski definition) is 2. The number of carbonyl (C=O) groups is 1. The van der Waals surface area contributed by atoms with Gasteiger partial charge in [0.2, 0.25) is 0 Å². The largest absolute Gasteiger partial charge is 0.322 e. The number of nitrogens with zero attached hydrogens (tertiary/aromatic N) is 1. The fourth-order valence-corrected chi connectivity index (χ4v) is 3.23. The van der Waals surface area contributed by atoms with Crippen molar-refractivity contribution >= 4 is 35.6 Å². The van der Waals surface area contributed by atoms with Crippen LogP contribution >= 0.6 is 24.0 Å². The lowest BCUT2D eigenvalue weighted by Crippen LogP contribution is -2.48. The Morgan fingerprint density at radius 2 is 2.08 bits per heavy atom. The van der Waals surface area contributed by atoms with Crippen molar-refractivity contribution in [3.8, 4) is 0 Å². The molecule has 0 aromatic heterocycles. The van der Waals surface area contributed by atoms with E-state index in [-0.39, 0.29) is 18.3 Å². The van der Waals surface area contributed by atoms with Gasteiger partial charge in [0.15, 0.2) is 0 Å². The molecule has 2 N–H and O–H groups in total. The summed E-state index contributed by atoms with van der Waals surface area (Å²) < 4.78 is 0. The highest BCUT2D eigenvalue weighted by Gasteiger charge is 2.16. The molecule has 3 rings (SSSR count). The summed E-state index contributed by atoms with van der Waals surface area (Å²) in [6.07, 6.45) is 0. The van der Waals surface area contributed by atoms with E-state index in [2.05, 4.69) is 28.5 Å². The van der Waals surface area contributed by atoms with Gasteiger partial charge in [-0.3, -0.25) is 9.69 Å². The predicted octanol–water partition coefficient (Wildman–Crippen LogP) is 3.81. The van der Waals surface area contributed by atoms with Gasteiger partial charge in [-0.15, -0.1) is 12.4 Å². The molecular weight excluding hydrogens is 357 g/mol. The molecule has 1 saturated heterocycles. The summed E-state index contributed by atoms with van der Waals surface area (Å²) in [6.45, 7) is 6.19. The van der Waals surface area contributed by atoms with E-state index in [1.165, 1.54) is 5.56 Å². The van der Waals surface area contributed by atoms with Crippen molar-refractivity contribution in [3.63, 3.8) is 0 Å². The van der Waals surface area contributed by atoms with Crippen molar-refractivity contribution in [2.75, 3.05) is 25.0 Å². The Hall–Kier alpha value is -1.59. The van der Waals surface area contributed by atoms with E-state index in [0.717, 1.165) is 31.9 Å². The lowest BCUT2D eigenvalue weighted by molar-refractivity contribution is 0.102. The topological polar surface area (TPSA) is 44.4 Å². The number of halogens is 2. The molecule has 0 spiro atoms. The smallest absolute Gasteiger partial charge is 0.257 e. The first-order valence-electron chi connectivity index (χ1n) is 8.22. The van der Waals surface area contributed by atoms with Crippen molar-refractivity contribution in [2.24, 2.45) is 0 Å². The SMILES string of the molecule is C[C@H]1CN(Cc2cccc(NC(=O)c3ccccc3Cl)c2)CCN1.Cl. The summed E-state index contributed by atoms with van der Waals surface area (Å²) in [6, 6.07) is 15.6. The number of anilines is 1. The summed E-state index contributed by atoms with van der Waals surface area (Å²) in [5.74, 6) is -0.187. The molecule has 0 saturated carbocycles. The fraction of sp³-hybridized carbons (Fsp3) is 0.316. The molecule has 0 radical (unpaired) electrons. The second-order valence-corrected chi connectivity index (χ2v) is 6.63. The third-order valence-corrected chi connectivity index (χ3v) is 4.49. The second-order valence-electron chi connectivity index (χ2n) is 6.22. The van der Waals surface area contributed by atoms with Gasteiger partial charge in [-0.2, -0.15) is 0 Å². The first-order valence-corrected chi connectivity index (χ1v) is 8.60. The number of nitrogens with one attached hydrogen (secondary N) is 2. The van der Waals surface area contributed by atoms with Crippen molar-refractivity contribution in [3.05, 3.63) is 64.7 Å². The minimum Gasteiger partial charge on any atom is -0.322 e. The average molecular weight is 380 g/mol. The first kappa shape index (κ1) is 19.7. The molecule has 4 nitrogen and oxygen atoms in total. The molecule has 1 atom stereocenters. The molecule has 1 heterocycles. The lowest BCUT2D eigenvalue weighted by Gasteiger charge is -2.31. The van der Waals surface area contributed by atoms with Crippen LogP contribution in [0.1, 0.15) is 22.8 Å². The number of benzene rings is 2. The van der Waals surface area contributed by atoms with Gasteiger partial charge in [-0.1, -0.05) is 35.9 Å². The third kappa shape index (κ3) is 5.44. The standard InChI is InChI=1S/C19H22ClN3O.ClH/c1-14-12-23(10-9-21-14)13-15-5-4-6-16(11-15)22-19(24)17-7-2-3-8-18(17)20;/h2-8,11,14,21H,9-10,12-13H2,1H3,(H,22,24);1H/t14-;/m0./s1. The Balaban J connectivity index is 0.00000225. The zero-order chi connectivity index (χ0) is 16.9. The Kier molecular flexibility index (Phi) is 7.26. The summed E-state index contributed by atoms with van der Waals surface area (Å²) in [5, 5.41) is 6.84. The van der Waals surface area contributed by atoms with Crippen LogP contribution in [0.5, 0.6) is 0 Å². The molecule has 25 heavy (non-hydrogen) atoms. The fourth-order valence-electron chi connectivity index (χ4n) is 3.01. The normalized spacial score (nSPS) is 17.6. The second kappa shape index (κ2) is 9.20. The van der Waals surface area contributed by atoms with Gasteiger partial charge >= 0.3 is 0 Å². The van der Waals surface area contributed by atoms with Crippen LogP contribution in [0.25, 0.3) is 0 Å². The first-order chi connectivity index (χ1) is 11.6. The highest BCUT2D eigenvalue weighted by Crippen LogP contribution is 2.18. The van der Waals surface area contributed by atoms with E-state index in [4.69, 9.17) is 11.6 Å². The average Bonchev–Trinajstić information content (AvgIpc) is 2.55. The Bertz CT molecular complexity index is 723. The number of piperazine rings is 1. The Morgan fingerprint density at radius 3 is 2.84 bits per heavy atom. The molecule has 6 heteroatoms. The number of hydrogen-bond acceptors (Lipinski definition) is 3. The van der Waals surface area contributed by atoms with Crippen molar-refractivity contribution in [2.45, 2.75) is 19.5 Å². The minimum absolute atomic E-state index is 0. The third-order valence-electron chi connectivity index (χ3n) is 4.16.